The van der Waals surface area contributed by atoms with E-state index in [1.807, 2.05) is 6.08 Å². The molecule has 1 saturated carbocycles. The molecule has 1 rings (SSSR count). The fraction of sp³-hybridized carbons (Fsp3) is 0.800. The van der Waals surface area contributed by atoms with Crippen LogP contribution in [0.5, 0.6) is 0 Å². The average molecular weight is 254 g/mol. The first-order valence-corrected chi connectivity index (χ1v) is 6.59. The number of hydrogen-bond donors (Lipinski definition) is 0. The predicted octanol–water partition coefficient (Wildman–Crippen LogP) is 2.84. The fourth-order valence-corrected chi connectivity index (χ4v) is 3.39. The molecule has 1 aliphatic carbocycles. The first kappa shape index (κ1) is 15.4. The Labute approximate surface area is 111 Å². The molecule has 0 aromatic rings. The van der Waals surface area contributed by atoms with Crippen LogP contribution in [0, 0.1) is 17.3 Å². The molecule has 1 fully saturated rings. The number of hydrogen-bond acceptors (Lipinski definition) is 3. The maximum Gasteiger partial charge on any atom is 0.152 e. The van der Waals surface area contributed by atoms with Gasteiger partial charge in [-0.1, -0.05) is 26.8 Å². The lowest BCUT2D eigenvalue weighted by Crippen LogP contribution is -2.52. The maximum absolute atomic E-state index is 11.1. The van der Waals surface area contributed by atoms with Crippen molar-refractivity contribution in [3.63, 3.8) is 0 Å². The van der Waals surface area contributed by atoms with E-state index < -0.39 is 0 Å². The molecule has 0 N–H and O–H groups in total. The molecular weight excluding hydrogens is 228 g/mol. The van der Waals surface area contributed by atoms with Crippen molar-refractivity contribution >= 4 is 5.78 Å². The van der Waals surface area contributed by atoms with E-state index in [-0.39, 0.29) is 23.4 Å². The van der Waals surface area contributed by atoms with E-state index in [1.165, 1.54) is 0 Å². The minimum Gasteiger partial charge on any atom is -0.379 e. The minimum atomic E-state index is -0.0426. The lowest BCUT2D eigenvalue weighted by molar-refractivity contribution is -0.146. The van der Waals surface area contributed by atoms with Crippen molar-refractivity contribution in [3.8, 4) is 0 Å². The molecule has 1 aliphatic rings. The van der Waals surface area contributed by atoms with Crippen LogP contribution in [0.2, 0.25) is 0 Å². The van der Waals surface area contributed by atoms with Crippen LogP contribution < -0.4 is 0 Å². The zero-order valence-electron chi connectivity index (χ0n) is 12.4. The summed E-state index contributed by atoms with van der Waals surface area (Å²) in [5.74, 6) is 0.908. The van der Waals surface area contributed by atoms with Crippen LogP contribution >= 0.6 is 0 Å². The van der Waals surface area contributed by atoms with Gasteiger partial charge < -0.3 is 9.47 Å². The van der Waals surface area contributed by atoms with E-state index in [0.717, 1.165) is 6.42 Å². The molecule has 104 valence electrons. The number of rotatable bonds is 4. The standard InChI is InChI=1S/C15H26O3/c1-10-9-13(17-5)14(18-6)15(3,4)12(10)8-7-11(2)16/h7-8,10,12-14H,9H2,1-6H3/b8-7+/t10-,12+,13+,14-/m1/s1. The zero-order valence-corrected chi connectivity index (χ0v) is 12.4. The molecule has 0 bridgehead atoms. The van der Waals surface area contributed by atoms with Crippen molar-refractivity contribution in [3.05, 3.63) is 12.2 Å². The summed E-state index contributed by atoms with van der Waals surface area (Å²) in [6.07, 6.45) is 4.88. The molecule has 0 heterocycles. The Bertz CT molecular complexity index is 320. The highest BCUT2D eigenvalue weighted by Gasteiger charge is 2.48. The van der Waals surface area contributed by atoms with Crippen molar-refractivity contribution in [2.75, 3.05) is 14.2 Å². The number of methoxy groups -OCH3 is 2. The number of carbonyl (C=O) groups excluding carboxylic acids is 1. The summed E-state index contributed by atoms with van der Waals surface area (Å²) >= 11 is 0. The summed E-state index contributed by atoms with van der Waals surface area (Å²) < 4.78 is 11.2. The van der Waals surface area contributed by atoms with Gasteiger partial charge in [0.2, 0.25) is 0 Å². The highest BCUT2D eigenvalue weighted by molar-refractivity contribution is 5.87. The molecule has 3 nitrogen and oxygen atoms in total. The summed E-state index contributed by atoms with van der Waals surface area (Å²) in [6, 6.07) is 0. The van der Waals surface area contributed by atoms with Gasteiger partial charge in [-0.25, -0.2) is 0 Å². The highest BCUT2D eigenvalue weighted by atomic mass is 16.5. The Morgan fingerprint density at radius 3 is 2.33 bits per heavy atom. The summed E-state index contributed by atoms with van der Waals surface area (Å²) in [7, 11) is 3.48. The first-order valence-electron chi connectivity index (χ1n) is 6.59. The normalized spacial score (nSPS) is 35.9. The third-order valence-electron chi connectivity index (χ3n) is 4.24. The molecule has 0 aliphatic heterocycles. The smallest absolute Gasteiger partial charge is 0.152 e. The molecule has 0 aromatic carbocycles. The van der Waals surface area contributed by atoms with Crippen molar-refractivity contribution in [1.29, 1.82) is 0 Å². The number of carbonyl (C=O) groups is 1. The highest BCUT2D eigenvalue weighted by Crippen LogP contribution is 2.46. The van der Waals surface area contributed by atoms with Gasteiger partial charge in [-0.2, -0.15) is 0 Å². The summed E-state index contributed by atoms with van der Waals surface area (Å²) in [6.45, 7) is 8.19. The van der Waals surface area contributed by atoms with Crippen LogP contribution in [0.3, 0.4) is 0 Å². The van der Waals surface area contributed by atoms with Crippen LogP contribution in [0.1, 0.15) is 34.1 Å². The van der Waals surface area contributed by atoms with Gasteiger partial charge in [0.15, 0.2) is 5.78 Å². The van der Waals surface area contributed by atoms with Gasteiger partial charge in [0, 0.05) is 14.2 Å². The molecule has 0 spiro atoms. The Kier molecular flexibility index (Phi) is 5.11. The zero-order chi connectivity index (χ0) is 13.9. The number of ether oxygens (including phenoxy) is 2. The quantitative estimate of drug-likeness (QED) is 0.724. The van der Waals surface area contributed by atoms with E-state index >= 15 is 0 Å². The molecule has 0 aromatic heterocycles. The van der Waals surface area contributed by atoms with Gasteiger partial charge >= 0.3 is 0 Å². The average Bonchev–Trinajstić information content (AvgIpc) is 2.26. The van der Waals surface area contributed by atoms with Crippen LogP contribution in [0.15, 0.2) is 12.2 Å². The fourth-order valence-electron chi connectivity index (χ4n) is 3.39. The predicted molar refractivity (Wildman–Crippen MR) is 72.5 cm³/mol. The van der Waals surface area contributed by atoms with Gasteiger partial charge in [0.1, 0.15) is 0 Å². The lowest BCUT2D eigenvalue weighted by Gasteiger charge is -2.50. The Balaban J connectivity index is 3.00. The van der Waals surface area contributed by atoms with Crippen molar-refractivity contribution in [1.82, 2.24) is 0 Å². The summed E-state index contributed by atoms with van der Waals surface area (Å²) in [5, 5.41) is 0. The third kappa shape index (κ3) is 3.01. The van der Waals surface area contributed by atoms with E-state index in [0.29, 0.717) is 11.8 Å². The van der Waals surface area contributed by atoms with Crippen LogP contribution in [0.25, 0.3) is 0 Å². The Hall–Kier alpha value is -0.670. The minimum absolute atomic E-state index is 0.0426. The molecule has 4 atom stereocenters. The maximum atomic E-state index is 11.1. The third-order valence-corrected chi connectivity index (χ3v) is 4.24. The van der Waals surface area contributed by atoms with Gasteiger partial charge in [-0.3, -0.25) is 4.79 Å². The van der Waals surface area contributed by atoms with Gasteiger partial charge in [-0.15, -0.1) is 0 Å². The second-order valence-electron chi connectivity index (χ2n) is 5.96. The second-order valence-corrected chi connectivity index (χ2v) is 5.96. The van der Waals surface area contributed by atoms with Crippen LogP contribution in [-0.2, 0) is 14.3 Å². The topological polar surface area (TPSA) is 35.5 Å². The van der Waals surface area contributed by atoms with Crippen molar-refractivity contribution < 1.29 is 14.3 Å². The monoisotopic (exact) mass is 254 g/mol. The Morgan fingerprint density at radius 2 is 1.89 bits per heavy atom. The van der Waals surface area contributed by atoms with Crippen molar-refractivity contribution in [2.24, 2.45) is 17.3 Å². The van der Waals surface area contributed by atoms with E-state index in [2.05, 4.69) is 20.8 Å². The van der Waals surface area contributed by atoms with E-state index in [1.54, 1.807) is 27.2 Å². The van der Waals surface area contributed by atoms with E-state index in [4.69, 9.17) is 9.47 Å². The number of ketones is 1. The largest absolute Gasteiger partial charge is 0.379 e. The van der Waals surface area contributed by atoms with E-state index in [9.17, 15) is 4.79 Å². The SMILES string of the molecule is CO[C@H]1C[C@@H](C)[C@H](/C=C/C(C)=O)C(C)(C)[C@@H]1OC. The molecule has 3 heteroatoms. The summed E-state index contributed by atoms with van der Waals surface area (Å²) in [4.78, 5) is 11.1. The van der Waals surface area contributed by atoms with Gasteiger partial charge in [0.05, 0.1) is 12.2 Å². The van der Waals surface area contributed by atoms with Crippen LogP contribution in [-0.4, -0.2) is 32.2 Å². The molecular formula is C15H26O3. The van der Waals surface area contributed by atoms with Gasteiger partial charge in [-0.05, 0) is 36.7 Å². The van der Waals surface area contributed by atoms with Crippen molar-refractivity contribution in [2.45, 2.75) is 46.3 Å². The molecule has 0 unspecified atom stereocenters. The van der Waals surface area contributed by atoms with Crippen LogP contribution in [0.4, 0.5) is 0 Å². The molecule has 0 saturated heterocycles. The molecule has 0 amide bonds. The Morgan fingerprint density at radius 1 is 1.28 bits per heavy atom. The lowest BCUT2D eigenvalue weighted by atomic mass is 9.61. The molecule has 18 heavy (non-hydrogen) atoms. The first-order chi connectivity index (χ1) is 8.34. The number of allylic oxidation sites excluding steroid dienone is 2. The van der Waals surface area contributed by atoms with Gasteiger partial charge in [0.25, 0.3) is 0 Å². The molecule has 0 radical (unpaired) electrons. The summed E-state index contributed by atoms with van der Waals surface area (Å²) in [5.41, 5.74) is -0.0426. The second kappa shape index (κ2) is 5.98.